The minimum atomic E-state index is -0.0595. The second-order valence-corrected chi connectivity index (χ2v) is 15.4. The highest BCUT2D eigenvalue weighted by molar-refractivity contribution is 6.19. The third kappa shape index (κ3) is 3.66. The molecule has 6 aromatic carbocycles. The molecule has 11 rings (SSSR count). The van der Waals surface area contributed by atoms with Crippen molar-refractivity contribution in [3.63, 3.8) is 0 Å². The summed E-state index contributed by atoms with van der Waals surface area (Å²) in [6.07, 6.45) is 6.27. The van der Waals surface area contributed by atoms with E-state index in [0.717, 1.165) is 0 Å². The van der Waals surface area contributed by atoms with Crippen molar-refractivity contribution in [3.05, 3.63) is 166 Å². The predicted molar refractivity (Wildman–Crippen MR) is 205 cm³/mol. The summed E-state index contributed by atoms with van der Waals surface area (Å²) in [5.74, 6) is 1.25. The van der Waals surface area contributed by atoms with Gasteiger partial charge in [0.05, 0.1) is 11.0 Å². The van der Waals surface area contributed by atoms with Crippen molar-refractivity contribution in [1.29, 1.82) is 0 Å². The average molecular weight is 630 g/mol. The van der Waals surface area contributed by atoms with Gasteiger partial charge < -0.3 is 4.57 Å². The first-order valence-corrected chi connectivity index (χ1v) is 18.3. The van der Waals surface area contributed by atoms with Crippen LogP contribution in [0.1, 0.15) is 91.2 Å². The quantitative estimate of drug-likeness (QED) is 0.183. The molecule has 0 amide bonds. The Labute approximate surface area is 288 Å². The van der Waals surface area contributed by atoms with Gasteiger partial charge in [0, 0.05) is 33.0 Å². The van der Waals surface area contributed by atoms with Crippen molar-refractivity contribution >= 4 is 27.4 Å². The van der Waals surface area contributed by atoms with Crippen molar-refractivity contribution < 1.29 is 0 Å². The second-order valence-electron chi connectivity index (χ2n) is 15.4. The van der Waals surface area contributed by atoms with Gasteiger partial charge in [-0.15, -0.1) is 0 Å². The van der Waals surface area contributed by atoms with E-state index < -0.39 is 0 Å². The molecule has 2 unspecified atom stereocenters. The van der Waals surface area contributed by atoms with Crippen LogP contribution < -0.4 is 0 Å². The van der Waals surface area contributed by atoms with E-state index in [2.05, 4.69) is 146 Å². The molecule has 1 heterocycles. The summed E-state index contributed by atoms with van der Waals surface area (Å²) in [7, 11) is 0. The zero-order valence-corrected chi connectivity index (χ0v) is 28.3. The van der Waals surface area contributed by atoms with E-state index in [-0.39, 0.29) is 5.41 Å². The Bertz CT molecular complexity index is 2530. The minimum Gasteiger partial charge on any atom is -0.308 e. The number of hydrogen-bond donors (Lipinski definition) is 0. The molecule has 7 aromatic rings. The van der Waals surface area contributed by atoms with Crippen LogP contribution in [0.2, 0.25) is 0 Å². The molecular formula is C48H39N. The molecular weight excluding hydrogens is 591 g/mol. The van der Waals surface area contributed by atoms with Crippen LogP contribution in [0.25, 0.3) is 55.3 Å². The van der Waals surface area contributed by atoms with Gasteiger partial charge in [-0.3, -0.25) is 0 Å². The first-order chi connectivity index (χ1) is 24.1. The van der Waals surface area contributed by atoms with Crippen LogP contribution in [-0.4, -0.2) is 4.57 Å². The molecule has 1 aromatic heterocycles. The van der Waals surface area contributed by atoms with Crippen molar-refractivity contribution in [2.45, 2.75) is 63.2 Å². The van der Waals surface area contributed by atoms with Gasteiger partial charge in [0.1, 0.15) is 0 Å². The van der Waals surface area contributed by atoms with Crippen molar-refractivity contribution in [2.24, 2.45) is 0 Å². The Kier molecular flexibility index (Phi) is 5.64. The molecule has 0 saturated heterocycles. The molecule has 1 nitrogen and oxygen atoms in total. The molecule has 2 atom stereocenters. The number of allylic oxidation sites excluding steroid dienone is 1. The molecule has 1 heteroatoms. The highest BCUT2D eigenvalue weighted by Crippen LogP contribution is 2.60. The maximum Gasteiger partial charge on any atom is 0.0622 e. The van der Waals surface area contributed by atoms with Gasteiger partial charge in [0.2, 0.25) is 0 Å². The minimum absolute atomic E-state index is 0.0595. The highest BCUT2D eigenvalue weighted by atomic mass is 15.0. The van der Waals surface area contributed by atoms with E-state index in [1.807, 2.05) is 0 Å². The number of nitrogens with zero attached hydrogens (tertiary/aromatic N) is 1. The molecule has 236 valence electrons. The van der Waals surface area contributed by atoms with Crippen molar-refractivity contribution in [2.75, 3.05) is 0 Å². The molecule has 49 heavy (non-hydrogen) atoms. The molecule has 2 fully saturated rings. The number of rotatable bonds is 3. The topological polar surface area (TPSA) is 4.93 Å². The van der Waals surface area contributed by atoms with Crippen LogP contribution in [0.5, 0.6) is 0 Å². The third-order valence-corrected chi connectivity index (χ3v) is 12.8. The molecule has 0 bridgehead atoms. The fraction of sp³-hybridized carbons (Fsp3) is 0.208. The standard InChI is InChI=1S/C48H39N/c1-48(2)41-18-9-8-17-40(41)45-42(48)28-27-39-38-26-25-37-35-24-23-34(35)33-15-6-7-16-36(33)44(37)46(38)49(47(39)45)32-21-19-31(20-22-32)43(30-13-10-14-30)29-11-4-3-5-12-29/h3-9,11-12,15-22,25-28,34-35H,10,13-14,23-24H2,1-2H3. The first-order valence-electron chi connectivity index (χ1n) is 18.3. The van der Waals surface area contributed by atoms with Crippen LogP contribution >= 0.6 is 0 Å². The predicted octanol–water partition coefficient (Wildman–Crippen LogP) is 12.7. The SMILES string of the molecule is CC1(C)c2ccccc2-c2c1ccc1c3ccc4c(c3n(-c3ccc(C(=C5CCC5)c5ccccc5)cc3)c21)-c1ccccc1C1CCC41. The summed E-state index contributed by atoms with van der Waals surface area (Å²) in [6, 6.07) is 48.9. The maximum absolute atomic E-state index is 2.67. The fourth-order valence-electron chi connectivity index (χ4n) is 10.1. The molecule has 4 aliphatic carbocycles. The summed E-state index contributed by atoms with van der Waals surface area (Å²) < 4.78 is 2.67. The second kappa shape index (κ2) is 9.95. The molecule has 0 radical (unpaired) electrons. The van der Waals surface area contributed by atoms with Crippen LogP contribution in [0, 0.1) is 0 Å². The van der Waals surface area contributed by atoms with E-state index in [1.165, 1.54) is 110 Å². The Morgan fingerprint density at radius 1 is 0.551 bits per heavy atom. The van der Waals surface area contributed by atoms with E-state index >= 15 is 0 Å². The Morgan fingerprint density at radius 3 is 1.92 bits per heavy atom. The van der Waals surface area contributed by atoms with Gasteiger partial charge in [-0.25, -0.2) is 0 Å². The van der Waals surface area contributed by atoms with Crippen LogP contribution in [0.15, 0.2) is 133 Å². The monoisotopic (exact) mass is 629 g/mol. The lowest BCUT2D eigenvalue weighted by Gasteiger charge is -2.43. The van der Waals surface area contributed by atoms with Gasteiger partial charge in [-0.05, 0) is 106 Å². The van der Waals surface area contributed by atoms with Crippen LogP contribution in [-0.2, 0) is 5.41 Å². The largest absolute Gasteiger partial charge is 0.308 e. The molecule has 0 aliphatic heterocycles. The molecule has 2 saturated carbocycles. The Balaban J connectivity index is 1.24. The summed E-state index contributed by atoms with van der Waals surface area (Å²) in [4.78, 5) is 0. The third-order valence-electron chi connectivity index (χ3n) is 12.8. The summed E-state index contributed by atoms with van der Waals surface area (Å²) in [5, 5.41) is 2.71. The van der Waals surface area contributed by atoms with E-state index in [4.69, 9.17) is 0 Å². The lowest BCUT2D eigenvalue weighted by Crippen LogP contribution is -2.26. The molecule has 0 spiro atoms. The number of fused-ring (bicyclic) bond motifs is 14. The smallest absolute Gasteiger partial charge is 0.0622 e. The van der Waals surface area contributed by atoms with Gasteiger partial charge in [0.25, 0.3) is 0 Å². The maximum atomic E-state index is 2.67. The van der Waals surface area contributed by atoms with E-state index in [9.17, 15) is 0 Å². The van der Waals surface area contributed by atoms with Crippen molar-refractivity contribution in [3.8, 4) is 27.9 Å². The normalized spacial score (nSPS) is 19.3. The number of aromatic nitrogens is 1. The highest BCUT2D eigenvalue weighted by Gasteiger charge is 2.42. The van der Waals surface area contributed by atoms with E-state index in [1.54, 1.807) is 16.7 Å². The molecule has 0 N–H and O–H groups in total. The summed E-state index contributed by atoms with van der Waals surface area (Å²) in [6.45, 7) is 4.80. The van der Waals surface area contributed by atoms with Gasteiger partial charge >= 0.3 is 0 Å². The van der Waals surface area contributed by atoms with Gasteiger partial charge in [-0.2, -0.15) is 0 Å². The first kappa shape index (κ1) is 27.8. The van der Waals surface area contributed by atoms with E-state index in [0.29, 0.717) is 11.8 Å². The molecule has 4 aliphatic rings. The van der Waals surface area contributed by atoms with Crippen LogP contribution in [0.4, 0.5) is 0 Å². The lowest BCUT2D eigenvalue weighted by molar-refractivity contribution is 0.343. The fourth-order valence-corrected chi connectivity index (χ4v) is 10.1. The van der Waals surface area contributed by atoms with Crippen molar-refractivity contribution in [1.82, 2.24) is 4.57 Å². The summed E-state index contributed by atoms with van der Waals surface area (Å²) in [5.41, 5.74) is 21.2. The van der Waals surface area contributed by atoms with Gasteiger partial charge in [-0.1, -0.05) is 135 Å². The average Bonchev–Trinajstić information content (AvgIpc) is 3.55. The lowest BCUT2D eigenvalue weighted by atomic mass is 9.60. The zero-order chi connectivity index (χ0) is 32.4. The Hall–Kier alpha value is -5.14. The van der Waals surface area contributed by atoms with Crippen LogP contribution in [0.3, 0.4) is 0 Å². The Morgan fingerprint density at radius 2 is 1.18 bits per heavy atom. The zero-order valence-electron chi connectivity index (χ0n) is 28.3. The summed E-state index contributed by atoms with van der Waals surface area (Å²) >= 11 is 0. The van der Waals surface area contributed by atoms with Gasteiger partial charge in [0.15, 0.2) is 0 Å². The number of benzene rings is 6. The number of hydrogen-bond acceptors (Lipinski definition) is 0.